The summed E-state index contributed by atoms with van der Waals surface area (Å²) in [7, 11) is 8.78. The second-order valence-electron chi connectivity index (χ2n) is 13.0. The second-order valence-corrected chi connectivity index (χ2v) is 13.0. The average molecular weight is 580 g/mol. The van der Waals surface area contributed by atoms with Crippen molar-refractivity contribution < 1.29 is 9.22 Å². The van der Waals surface area contributed by atoms with Gasteiger partial charge >= 0.3 is 0 Å². The standard InChI is InChI=1S/C37H63N4O/c1-6-7-8-9-10-11-12-13-14-15-16-17-18-19-20-21-31-41(4,5)32-22-33-42-37-29-25-35(26-30-37)39-38-34-23-27-36(28-24-34)40(2)3/h23-30H,6-22,31-33H2,1-5H3/q+1. The first kappa shape index (κ1) is 35.8. The Labute approximate surface area is 259 Å². The number of azo groups is 1. The first-order valence-corrected chi connectivity index (χ1v) is 17.1. The van der Waals surface area contributed by atoms with Gasteiger partial charge in [-0.2, -0.15) is 10.2 Å². The van der Waals surface area contributed by atoms with Gasteiger partial charge in [-0.1, -0.05) is 96.8 Å². The number of hydrogen-bond donors (Lipinski definition) is 0. The molecular formula is C37H63N4O+. The van der Waals surface area contributed by atoms with Gasteiger partial charge in [0.25, 0.3) is 0 Å². The molecule has 0 N–H and O–H groups in total. The minimum atomic E-state index is 0.750. The van der Waals surface area contributed by atoms with E-state index in [0.29, 0.717) is 0 Å². The van der Waals surface area contributed by atoms with Crippen LogP contribution in [0.1, 0.15) is 116 Å². The van der Waals surface area contributed by atoms with Crippen LogP contribution in [-0.4, -0.2) is 52.4 Å². The molecule has 2 aromatic rings. The summed E-state index contributed by atoms with van der Waals surface area (Å²) in [6.07, 6.45) is 23.9. The number of benzene rings is 2. The quantitative estimate of drug-likeness (QED) is 0.0666. The lowest BCUT2D eigenvalue weighted by molar-refractivity contribution is -0.890. The highest BCUT2D eigenvalue weighted by Gasteiger charge is 2.14. The fourth-order valence-electron chi connectivity index (χ4n) is 5.42. The van der Waals surface area contributed by atoms with Crippen molar-refractivity contribution in [3.05, 3.63) is 48.5 Å². The van der Waals surface area contributed by atoms with E-state index in [1.807, 2.05) is 62.6 Å². The molecule has 0 amide bonds. The first-order valence-electron chi connectivity index (χ1n) is 17.1. The zero-order chi connectivity index (χ0) is 30.3. The van der Waals surface area contributed by atoms with Crippen LogP contribution in [-0.2, 0) is 0 Å². The van der Waals surface area contributed by atoms with Crippen molar-refractivity contribution >= 4 is 17.1 Å². The van der Waals surface area contributed by atoms with Gasteiger partial charge < -0.3 is 14.1 Å². The molecule has 0 aliphatic rings. The molecule has 0 bridgehead atoms. The largest absolute Gasteiger partial charge is 0.493 e. The van der Waals surface area contributed by atoms with Crippen molar-refractivity contribution in [3.8, 4) is 5.75 Å². The monoisotopic (exact) mass is 579 g/mol. The van der Waals surface area contributed by atoms with Gasteiger partial charge in [0, 0.05) is 26.2 Å². The molecule has 2 aromatic carbocycles. The van der Waals surface area contributed by atoms with E-state index < -0.39 is 0 Å². The highest BCUT2D eigenvalue weighted by molar-refractivity contribution is 5.52. The van der Waals surface area contributed by atoms with E-state index in [1.54, 1.807) is 0 Å². The summed E-state index contributed by atoms with van der Waals surface area (Å²) in [5.74, 6) is 0.896. The highest BCUT2D eigenvalue weighted by atomic mass is 16.5. The average Bonchev–Trinajstić information content (AvgIpc) is 2.99. The lowest BCUT2D eigenvalue weighted by atomic mass is 10.0. The van der Waals surface area contributed by atoms with Crippen molar-refractivity contribution in [2.45, 2.75) is 116 Å². The van der Waals surface area contributed by atoms with Crippen LogP contribution in [0.25, 0.3) is 0 Å². The molecule has 0 fully saturated rings. The van der Waals surface area contributed by atoms with Crippen molar-refractivity contribution in [3.63, 3.8) is 0 Å². The Bertz CT molecular complexity index is 937. The molecule has 0 saturated heterocycles. The van der Waals surface area contributed by atoms with Crippen molar-refractivity contribution in [2.24, 2.45) is 10.2 Å². The smallest absolute Gasteiger partial charge is 0.119 e. The number of hydrogen-bond acceptors (Lipinski definition) is 4. The molecule has 0 atom stereocenters. The van der Waals surface area contributed by atoms with E-state index in [2.05, 4.69) is 36.1 Å². The maximum atomic E-state index is 6.00. The molecule has 0 aliphatic carbocycles. The summed E-state index contributed by atoms with van der Waals surface area (Å²) in [4.78, 5) is 2.07. The highest BCUT2D eigenvalue weighted by Crippen LogP contribution is 2.23. The molecule has 0 saturated carbocycles. The van der Waals surface area contributed by atoms with Gasteiger partial charge in [-0.15, -0.1) is 0 Å². The van der Waals surface area contributed by atoms with E-state index in [-0.39, 0.29) is 0 Å². The molecule has 5 nitrogen and oxygen atoms in total. The van der Waals surface area contributed by atoms with Crippen LogP contribution in [0.5, 0.6) is 5.75 Å². The zero-order valence-corrected chi connectivity index (χ0v) is 28.0. The van der Waals surface area contributed by atoms with Gasteiger partial charge in [-0.05, 0) is 61.4 Å². The molecule has 0 unspecified atom stereocenters. The summed E-state index contributed by atoms with van der Waals surface area (Å²) >= 11 is 0. The summed E-state index contributed by atoms with van der Waals surface area (Å²) in [6, 6.07) is 16.0. The van der Waals surface area contributed by atoms with Gasteiger partial charge in [0.2, 0.25) is 0 Å². The Balaban J connectivity index is 1.44. The molecule has 42 heavy (non-hydrogen) atoms. The van der Waals surface area contributed by atoms with Crippen molar-refractivity contribution in [1.82, 2.24) is 0 Å². The second kappa shape index (κ2) is 22.2. The lowest BCUT2D eigenvalue weighted by Gasteiger charge is -2.30. The molecule has 2 rings (SSSR count). The fourth-order valence-corrected chi connectivity index (χ4v) is 5.42. The molecule has 5 heteroatoms. The SMILES string of the molecule is CCCCCCCCCCCCCCCCCC[N+](C)(C)CCCOc1ccc(N=Nc2ccc(N(C)C)cc2)cc1. The number of quaternary nitrogens is 1. The van der Waals surface area contributed by atoms with Crippen LogP contribution < -0.4 is 9.64 Å². The maximum Gasteiger partial charge on any atom is 0.119 e. The van der Waals surface area contributed by atoms with Crippen molar-refractivity contribution in [1.29, 1.82) is 0 Å². The van der Waals surface area contributed by atoms with Crippen LogP contribution in [0.4, 0.5) is 17.1 Å². The number of nitrogens with zero attached hydrogens (tertiary/aromatic N) is 4. The molecule has 0 spiro atoms. The van der Waals surface area contributed by atoms with Crippen LogP contribution in [0.2, 0.25) is 0 Å². The Kier molecular flexibility index (Phi) is 18.9. The summed E-state index contributed by atoms with van der Waals surface area (Å²) < 4.78 is 7.08. The van der Waals surface area contributed by atoms with E-state index in [1.165, 1.54) is 109 Å². The molecule has 0 aromatic heterocycles. The molecule has 236 valence electrons. The zero-order valence-electron chi connectivity index (χ0n) is 28.0. The van der Waals surface area contributed by atoms with Gasteiger partial charge in [0.05, 0.1) is 45.2 Å². The molecule has 0 aliphatic heterocycles. The number of rotatable bonds is 25. The number of unbranched alkanes of at least 4 members (excludes halogenated alkanes) is 15. The van der Waals surface area contributed by atoms with Gasteiger partial charge in [0.1, 0.15) is 5.75 Å². The van der Waals surface area contributed by atoms with Crippen molar-refractivity contribution in [2.75, 3.05) is 52.8 Å². The summed E-state index contributed by atoms with van der Waals surface area (Å²) in [5.41, 5.74) is 2.83. The lowest BCUT2D eigenvalue weighted by Crippen LogP contribution is -2.41. The third-order valence-corrected chi connectivity index (χ3v) is 8.28. The van der Waals surface area contributed by atoms with Gasteiger partial charge in [-0.25, -0.2) is 0 Å². The van der Waals surface area contributed by atoms with Crippen LogP contribution in [0.15, 0.2) is 58.8 Å². The van der Waals surface area contributed by atoms with E-state index in [0.717, 1.165) is 46.9 Å². The van der Waals surface area contributed by atoms with Gasteiger partial charge in [0.15, 0.2) is 0 Å². The van der Waals surface area contributed by atoms with E-state index >= 15 is 0 Å². The Morgan fingerprint density at radius 1 is 0.548 bits per heavy atom. The first-order chi connectivity index (χ1) is 20.4. The van der Waals surface area contributed by atoms with Crippen LogP contribution >= 0.6 is 0 Å². The minimum absolute atomic E-state index is 0.750. The molecular weight excluding hydrogens is 516 g/mol. The molecule has 0 radical (unpaired) electrons. The third kappa shape index (κ3) is 17.5. The normalized spacial score (nSPS) is 11.8. The summed E-state index contributed by atoms with van der Waals surface area (Å²) in [6.45, 7) is 5.46. The fraction of sp³-hybridized carbons (Fsp3) is 0.676. The van der Waals surface area contributed by atoms with Crippen LogP contribution in [0, 0.1) is 0 Å². The Morgan fingerprint density at radius 2 is 0.952 bits per heavy atom. The maximum absolute atomic E-state index is 6.00. The third-order valence-electron chi connectivity index (χ3n) is 8.28. The predicted molar refractivity (Wildman–Crippen MR) is 183 cm³/mol. The topological polar surface area (TPSA) is 37.2 Å². The van der Waals surface area contributed by atoms with Gasteiger partial charge in [-0.3, -0.25) is 0 Å². The number of ether oxygens (including phenoxy) is 1. The summed E-state index contributed by atoms with van der Waals surface area (Å²) in [5, 5.41) is 8.70. The number of anilines is 1. The van der Waals surface area contributed by atoms with E-state index in [4.69, 9.17) is 4.74 Å². The Morgan fingerprint density at radius 3 is 1.40 bits per heavy atom. The predicted octanol–water partition coefficient (Wildman–Crippen LogP) is 11.3. The van der Waals surface area contributed by atoms with E-state index in [9.17, 15) is 0 Å². The molecule has 0 heterocycles. The minimum Gasteiger partial charge on any atom is -0.493 e. The van der Waals surface area contributed by atoms with Crippen LogP contribution in [0.3, 0.4) is 0 Å². The Hall–Kier alpha value is -2.40.